The van der Waals surface area contributed by atoms with E-state index in [2.05, 4.69) is 26.2 Å². The molecule has 4 nitrogen and oxygen atoms in total. The van der Waals surface area contributed by atoms with Crippen LogP contribution in [0.3, 0.4) is 0 Å². The number of alkyl halides is 1. The third kappa shape index (κ3) is 1.52. The maximum absolute atomic E-state index is 12.1. The van der Waals surface area contributed by atoms with Crippen LogP contribution in [0.1, 0.15) is 20.9 Å². The van der Waals surface area contributed by atoms with Crippen molar-refractivity contribution in [1.29, 1.82) is 0 Å². The van der Waals surface area contributed by atoms with Gasteiger partial charge in [0.05, 0.1) is 10.6 Å². The monoisotopic (exact) mass is 324 g/mol. The van der Waals surface area contributed by atoms with Crippen LogP contribution < -0.4 is 5.32 Å². The molecule has 0 aromatic carbocycles. The quantitative estimate of drug-likeness (QED) is 0.598. The summed E-state index contributed by atoms with van der Waals surface area (Å²) in [5.41, 5.74) is 2.55. The molecule has 0 saturated carbocycles. The van der Waals surface area contributed by atoms with Gasteiger partial charge in [-0.15, -0.1) is 11.3 Å². The van der Waals surface area contributed by atoms with E-state index in [0.717, 1.165) is 21.5 Å². The summed E-state index contributed by atoms with van der Waals surface area (Å²) in [6.07, 6.45) is 0. The van der Waals surface area contributed by atoms with Gasteiger partial charge >= 0.3 is 0 Å². The van der Waals surface area contributed by atoms with Crippen LogP contribution in [-0.2, 0) is 4.79 Å². The van der Waals surface area contributed by atoms with E-state index in [1.54, 1.807) is 0 Å². The van der Waals surface area contributed by atoms with Crippen LogP contribution in [0.4, 0.5) is 5.69 Å². The number of carbonyl (C=O) groups is 2. The molecule has 0 saturated heterocycles. The van der Waals surface area contributed by atoms with Gasteiger partial charge in [0.1, 0.15) is 4.83 Å². The third-order valence-electron chi connectivity index (χ3n) is 2.92. The minimum Gasteiger partial charge on any atom is -0.323 e. The van der Waals surface area contributed by atoms with Crippen molar-refractivity contribution >= 4 is 54.9 Å². The average Bonchev–Trinajstić information content (AvgIpc) is 2.64. The fraction of sp³-hybridized carbons (Fsp3) is 0.250. The van der Waals surface area contributed by atoms with E-state index in [1.807, 2.05) is 19.9 Å². The smallest absolute Gasteiger partial charge is 0.246 e. The Bertz CT molecular complexity index is 708. The second kappa shape index (κ2) is 3.86. The number of pyridine rings is 1. The number of anilines is 1. The van der Waals surface area contributed by atoms with Crippen molar-refractivity contribution in [2.75, 3.05) is 5.32 Å². The number of nitrogens with one attached hydrogen (secondary N) is 1. The van der Waals surface area contributed by atoms with Crippen molar-refractivity contribution in [3.05, 3.63) is 22.2 Å². The second-order valence-electron chi connectivity index (χ2n) is 4.28. The van der Waals surface area contributed by atoms with Crippen LogP contribution in [0.5, 0.6) is 0 Å². The summed E-state index contributed by atoms with van der Waals surface area (Å²) >= 11 is 4.44. The maximum atomic E-state index is 12.1. The lowest BCUT2D eigenvalue weighted by atomic mass is 10.1. The molecule has 2 aromatic heterocycles. The summed E-state index contributed by atoms with van der Waals surface area (Å²) in [6.45, 7) is 3.87. The summed E-state index contributed by atoms with van der Waals surface area (Å²) in [5, 5.41) is 3.66. The number of thiophene rings is 1. The van der Waals surface area contributed by atoms with Gasteiger partial charge in [-0.25, -0.2) is 4.98 Å². The Morgan fingerprint density at radius 3 is 2.83 bits per heavy atom. The molecule has 92 valence electrons. The van der Waals surface area contributed by atoms with Crippen LogP contribution in [0, 0.1) is 13.8 Å². The molecule has 1 unspecified atom stereocenters. The summed E-state index contributed by atoms with van der Waals surface area (Å²) in [5.74, 6) is -0.499. The van der Waals surface area contributed by atoms with Crippen molar-refractivity contribution in [3.63, 3.8) is 0 Å². The van der Waals surface area contributed by atoms with Gasteiger partial charge in [0.2, 0.25) is 5.91 Å². The summed E-state index contributed by atoms with van der Waals surface area (Å²) < 4.78 is 0. The molecule has 3 heterocycles. The number of aryl methyl sites for hydroxylation is 2. The van der Waals surface area contributed by atoms with Crippen LogP contribution in [0.2, 0.25) is 0 Å². The molecule has 18 heavy (non-hydrogen) atoms. The molecule has 1 atom stereocenters. The highest BCUT2D eigenvalue weighted by Crippen LogP contribution is 2.40. The number of Topliss-reactive ketones (excluding diaryl/α,β-unsaturated/α-hetero) is 1. The minimum atomic E-state index is -0.792. The van der Waals surface area contributed by atoms with Crippen molar-refractivity contribution in [2.24, 2.45) is 0 Å². The number of carbonyl (C=O) groups excluding carboxylic acids is 2. The summed E-state index contributed by atoms with van der Waals surface area (Å²) in [4.78, 5) is 28.8. The number of hydrogen-bond acceptors (Lipinski definition) is 4. The molecule has 0 spiro atoms. The Morgan fingerprint density at radius 2 is 2.11 bits per heavy atom. The molecule has 0 fully saturated rings. The van der Waals surface area contributed by atoms with Gasteiger partial charge in [0.15, 0.2) is 10.6 Å². The molecule has 6 heteroatoms. The van der Waals surface area contributed by atoms with Gasteiger partial charge in [-0.05, 0) is 25.5 Å². The minimum absolute atomic E-state index is 0.186. The number of halogens is 1. The molecule has 0 aliphatic carbocycles. The van der Waals surface area contributed by atoms with E-state index in [4.69, 9.17) is 0 Å². The Hall–Kier alpha value is -1.27. The lowest BCUT2D eigenvalue weighted by Crippen LogP contribution is -2.34. The molecular formula is C12H9BrN2O2S. The van der Waals surface area contributed by atoms with Crippen LogP contribution >= 0.6 is 27.3 Å². The number of amides is 1. The molecule has 0 radical (unpaired) electrons. The Balaban J connectivity index is 2.37. The standard InChI is InChI=1S/C12H9BrN2O2S/c1-4-3-5(2)14-12-6(4)8-10(18-12)9(16)7(13)11(17)15-8/h3,7H,1-2H3,(H,15,17). The third-order valence-corrected chi connectivity index (χ3v) is 4.85. The van der Waals surface area contributed by atoms with Crippen LogP contribution in [-0.4, -0.2) is 21.5 Å². The zero-order chi connectivity index (χ0) is 13.0. The van der Waals surface area contributed by atoms with E-state index in [0.29, 0.717) is 10.6 Å². The lowest BCUT2D eigenvalue weighted by Gasteiger charge is -2.16. The van der Waals surface area contributed by atoms with Crippen molar-refractivity contribution in [1.82, 2.24) is 4.98 Å². The fourth-order valence-electron chi connectivity index (χ4n) is 2.16. The van der Waals surface area contributed by atoms with E-state index in [9.17, 15) is 9.59 Å². The van der Waals surface area contributed by atoms with Crippen LogP contribution in [0.25, 0.3) is 10.2 Å². The topological polar surface area (TPSA) is 59.1 Å². The lowest BCUT2D eigenvalue weighted by molar-refractivity contribution is -0.115. The predicted molar refractivity (Wildman–Crippen MR) is 74.8 cm³/mol. The number of ketones is 1. The highest BCUT2D eigenvalue weighted by atomic mass is 79.9. The van der Waals surface area contributed by atoms with Crippen molar-refractivity contribution in [2.45, 2.75) is 18.7 Å². The van der Waals surface area contributed by atoms with Gasteiger partial charge < -0.3 is 5.32 Å². The summed E-state index contributed by atoms with van der Waals surface area (Å²) in [7, 11) is 0. The number of nitrogens with zero attached hydrogens (tertiary/aromatic N) is 1. The van der Waals surface area contributed by atoms with Gasteiger partial charge in [-0.3, -0.25) is 9.59 Å². The number of fused-ring (bicyclic) bond motifs is 3. The first-order valence-corrected chi connectivity index (χ1v) is 7.12. The second-order valence-corrected chi connectivity index (χ2v) is 6.20. The summed E-state index contributed by atoms with van der Waals surface area (Å²) in [6, 6.07) is 1.95. The zero-order valence-corrected chi connectivity index (χ0v) is 12.1. The number of aromatic nitrogens is 1. The molecule has 1 amide bonds. The maximum Gasteiger partial charge on any atom is 0.246 e. The molecule has 1 aliphatic rings. The normalized spacial score (nSPS) is 18.9. The fourth-order valence-corrected chi connectivity index (χ4v) is 3.87. The molecule has 2 aromatic rings. The van der Waals surface area contributed by atoms with E-state index < -0.39 is 4.83 Å². The van der Waals surface area contributed by atoms with E-state index in [-0.39, 0.29) is 11.7 Å². The predicted octanol–water partition coefficient (Wildman–Crippen LogP) is 2.81. The number of rotatable bonds is 0. The highest BCUT2D eigenvalue weighted by molar-refractivity contribution is 9.10. The molecule has 3 rings (SSSR count). The van der Waals surface area contributed by atoms with E-state index in [1.165, 1.54) is 11.3 Å². The molecule has 1 aliphatic heterocycles. The number of hydrogen-bond donors (Lipinski definition) is 1. The van der Waals surface area contributed by atoms with E-state index >= 15 is 0 Å². The Kier molecular flexibility index (Phi) is 2.53. The van der Waals surface area contributed by atoms with Gasteiger partial charge in [-0.2, -0.15) is 0 Å². The SMILES string of the molecule is Cc1cc(C)c2c3c(sc2n1)C(=O)C(Br)C(=O)N3. The highest BCUT2D eigenvalue weighted by Gasteiger charge is 2.35. The molecule has 0 bridgehead atoms. The van der Waals surface area contributed by atoms with Crippen molar-refractivity contribution in [3.8, 4) is 0 Å². The average molecular weight is 325 g/mol. The van der Waals surface area contributed by atoms with Crippen LogP contribution in [0.15, 0.2) is 6.07 Å². The first-order chi connectivity index (χ1) is 8.49. The van der Waals surface area contributed by atoms with Gasteiger partial charge in [-0.1, -0.05) is 15.9 Å². The Morgan fingerprint density at radius 1 is 1.39 bits per heavy atom. The largest absolute Gasteiger partial charge is 0.323 e. The first kappa shape index (κ1) is 11.8. The van der Waals surface area contributed by atoms with Crippen molar-refractivity contribution < 1.29 is 9.59 Å². The molecular weight excluding hydrogens is 316 g/mol. The first-order valence-electron chi connectivity index (χ1n) is 5.39. The van der Waals surface area contributed by atoms with Gasteiger partial charge in [0, 0.05) is 11.1 Å². The zero-order valence-electron chi connectivity index (χ0n) is 9.70. The van der Waals surface area contributed by atoms with Gasteiger partial charge in [0.25, 0.3) is 0 Å². The molecule has 1 N–H and O–H groups in total. The Labute approximate surface area is 116 Å².